The number of aryl methyl sites for hydroxylation is 2. The van der Waals surface area contributed by atoms with Crippen molar-refractivity contribution in [1.29, 1.82) is 0 Å². The molecule has 1 saturated heterocycles. The topological polar surface area (TPSA) is 88.7 Å². The fourth-order valence-corrected chi connectivity index (χ4v) is 3.57. The zero-order valence-electron chi connectivity index (χ0n) is 15.4. The van der Waals surface area contributed by atoms with Crippen LogP contribution in [0.1, 0.15) is 43.5 Å². The van der Waals surface area contributed by atoms with Gasteiger partial charge < -0.3 is 19.3 Å². The van der Waals surface area contributed by atoms with Gasteiger partial charge in [0.25, 0.3) is 0 Å². The number of hydrogen-bond acceptors (Lipinski definition) is 6. The summed E-state index contributed by atoms with van der Waals surface area (Å²) in [5.74, 6) is 1.76. The van der Waals surface area contributed by atoms with Crippen molar-refractivity contribution in [2.45, 2.75) is 51.2 Å². The first-order valence-electron chi connectivity index (χ1n) is 8.87. The highest BCUT2D eigenvalue weighted by Gasteiger charge is 2.42. The van der Waals surface area contributed by atoms with Crippen LogP contribution in [0.25, 0.3) is 0 Å². The summed E-state index contributed by atoms with van der Waals surface area (Å²) in [6, 6.07) is 7.08. The van der Waals surface area contributed by atoms with E-state index >= 15 is 0 Å². The predicted octanol–water partition coefficient (Wildman–Crippen LogP) is 2.22. The van der Waals surface area contributed by atoms with Gasteiger partial charge in [0.15, 0.2) is 5.82 Å². The van der Waals surface area contributed by atoms with Gasteiger partial charge in [-0.3, -0.25) is 4.79 Å². The third-order valence-electron chi connectivity index (χ3n) is 5.02. The van der Waals surface area contributed by atoms with Gasteiger partial charge in [0.2, 0.25) is 11.8 Å². The van der Waals surface area contributed by atoms with E-state index in [-0.39, 0.29) is 18.4 Å². The number of likely N-dealkylation sites (tertiary alicyclic amines) is 1. The number of methoxy groups -OCH3 is 1. The van der Waals surface area contributed by atoms with E-state index in [9.17, 15) is 9.90 Å². The number of ether oxygens (including phenoxy) is 1. The Morgan fingerprint density at radius 2 is 2.15 bits per heavy atom. The van der Waals surface area contributed by atoms with Crippen LogP contribution < -0.4 is 4.74 Å². The van der Waals surface area contributed by atoms with Gasteiger partial charge in [-0.25, -0.2) is 0 Å². The lowest BCUT2D eigenvalue weighted by Gasteiger charge is -2.37. The number of amides is 1. The number of hydrogen-bond donors (Lipinski definition) is 1. The summed E-state index contributed by atoms with van der Waals surface area (Å²) in [5.41, 5.74) is -0.352. The van der Waals surface area contributed by atoms with Gasteiger partial charge in [0.1, 0.15) is 11.4 Å². The Kier molecular flexibility index (Phi) is 5.27. The lowest BCUT2D eigenvalue weighted by molar-refractivity contribution is -0.137. The molecule has 1 N–H and O–H groups in total. The average Bonchev–Trinajstić information content (AvgIpc) is 3.29. The van der Waals surface area contributed by atoms with E-state index in [2.05, 4.69) is 10.1 Å². The molecule has 2 atom stereocenters. The van der Waals surface area contributed by atoms with Crippen molar-refractivity contribution in [2.24, 2.45) is 0 Å². The van der Waals surface area contributed by atoms with E-state index in [1.165, 1.54) is 0 Å². The van der Waals surface area contributed by atoms with Gasteiger partial charge in [0.05, 0.1) is 13.2 Å². The third kappa shape index (κ3) is 3.72. The number of carbonyl (C=O) groups is 1. The average molecular weight is 359 g/mol. The van der Waals surface area contributed by atoms with Crippen LogP contribution in [0, 0.1) is 6.92 Å². The number of rotatable bonds is 6. The summed E-state index contributed by atoms with van der Waals surface area (Å²) in [5, 5.41) is 14.9. The van der Waals surface area contributed by atoms with E-state index in [1.807, 2.05) is 24.3 Å². The molecule has 0 spiro atoms. The number of aliphatic hydroxyl groups is 1. The quantitative estimate of drug-likeness (QED) is 0.851. The Hall–Kier alpha value is -2.41. The molecule has 1 aliphatic heterocycles. The molecule has 2 heterocycles. The first-order chi connectivity index (χ1) is 12.4. The third-order valence-corrected chi connectivity index (χ3v) is 5.02. The van der Waals surface area contributed by atoms with Crippen LogP contribution in [0.5, 0.6) is 5.75 Å². The Labute approximate surface area is 153 Å². The van der Waals surface area contributed by atoms with E-state index in [0.717, 1.165) is 24.2 Å². The summed E-state index contributed by atoms with van der Waals surface area (Å²) in [6.45, 7) is 4.17. The largest absolute Gasteiger partial charge is 0.497 e. The summed E-state index contributed by atoms with van der Waals surface area (Å²) >= 11 is 0. The molecule has 1 fully saturated rings. The molecule has 0 aliphatic carbocycles. The molecule has 140 valence electrons. The molecule has 0 unspecified atom stereocenters. The maximum absolute atomic E-state index is 12.7. The monoisotopic (exact) mass is 359 g/mol. The summed E-state index contributed by atoms with van der Waals surface area (Å²) in [4.78, 5) is 18.6. The van der Waals surface area contributed by atoms with Crippen LogP contribution >= 0.6 is 0 Å². The van der Waals surface area contributed by atoms with Crippen molar-refractivity contribution in [3.8, 4) is 5.75 Å². The molecule has 1 aromatic heterocycles. The Balaban J connectivity index is 1.70. The molecule has 2 aromatic rings. The van der Waals surface area contributed by atoms with Crippen molar-refractivity contribution < 1.29 is 19.2 Å². The number of nitrogens with zero attached hydrogens (tertiary/aromatic N) is 3. The summed E-state index contributed by atoms with van der Waals surface area (Å²) < 4.78 is 10.2. The van der Waals surface area contributed by atoms with Crippen LogP contribution in [0.4, 0.5) is 0 Å². The van der Waals surface area contributed by atoms with E-state index in [4.69, 9.17) is 9.26 Å². The molecule has 26 heavy (non-hydrogen) atoms. The van der Waals surface area contributed by atoms with Crippen LogP contribution in [0.2, 0.25) is 0 Å². The summed E-state index contributed by atoms with van der Waals surface area (Å²) in [7, 11) is 1.61. The highest BCUT2D eigenvalue weighted by molar-refractivity contribution is 5.77. The number of benzene rings is 1. The second kappa shape index (κ2) is 7.45. The molecule has 1 amide bonds. The predicted molar refractivity (Wildman–Crippen MR) is 94.7 cm³/mol. The minimum atomic E-state index is -1.13. The maximum Gasteiger partial charge on any atom is 0.227 e. The lowest BCUT2D eigenvalue weighted by Crippen LogP contribution is -2.48. The Bertz CT molecular complexity index is 754. The van der Waals surface area contributed by atoms with Crippen molar-refractivity contribution in [3.63, 3.8) is 0 Å². The molecule has 0 saturated carbocycles. The minimum Gasteiger partial charge on any atom is -0.497 e. The molecule has 1 aliphatic rings. The van der Waals surface area contributed by atoms with E-state index in [0.29, 0.717) is 24.7 Å². The zero-order valence-corrected chi connectivity index (χ0v) is 15.4. The summed E-state index contributed by atoms with van der Waals surface area (Å²) in [6.07, 6.45) is 2.34. The SMILES string of the molecule is COc1ccc([C@](C)(O)[C@H]2CCCN2C(=O)CCc2nc(C)no2)cc1. The van der Waals surface area contributed by atoms with Crippen molar-refractivity contribution in [3.05, 3.63) is 41.5 Å². The van der Waals surface area contributed by atoms with Crippen LogP contribution in [-0.4, -0.2) is 45.8 Å². The number of aromatic nitrogens is 2. The van der Waals surface area contributed by atoms with Crippen LogP contribution in [-0.2, 0) is 16.8 Å². The van der Waals surface area contributed by atoms with Gasteiger partial charge in [-0.1, -0.05) is 17.3 Å². The Morgan fingerprint density at radius 1 is 1.42 bits per heavy atom. The van der Waals surface area contributed by atoms with Gasteiger partial charge in [-0.05, 0) is 44.4 Å². The molecular formula is C19H25N3O4. The van der Waals surface area contributed by atoms with Crippen molar-refractivity contribution in [1.82, 2.24) is 15.0 Å². The first-order valence-corrected chi connectivity index (χ1v) is 8.87. The van der Waals surface area contributed by atoms with Crippen LogP contribution in [0.3, 0.4) is 0 Å². The van der Waals surface area contributed by atoms with Gasteiger partial charge in [-0.2, -0.15) is 4.98 Å². The fourth-order valence-electron chi connectivity index (χ4n) is 3.57. The molecule has 7 nitrogen and oxygen atoms in total. The second-order valence-corrected chi connectivity index (χ2v) is 6.86. The molecule has 1 aromatic carbocycles. The van der Waals surface area contributed by atoms with Crippen LogP contribution in [0.15, 0.2) is 28.8 Å². The van der Waals surface area contributed by atoms with Crippen molar-refractivity contribution >= 4 is 5.91 Å². The Morgan fingerprint density at radius 3 is 2.77 bits per heavy atom. The highest BCUT2D eigenvalue weighted by atomic mass is 16.5. The lowest BCUT2D eigenvalue weighted by atomic mass is 9.86. The molecule has 3 rings (SSSR count). The second-order valence-electron chi connectivity index (χ2n) is 6.86. The normalized spacial score (nSPS) is 19.4. The van der Waals surface area contributed by atoms with Crippen molar-refractivity contribution in [2.75, 3.05) is 13.7 Å². The highest BCUT2D eigenvalue weighted by Crippen LogP contribution is 2.35. The van der Waals surface area contributed by atoms with Gasteiger partial charge >= 0.3 is 0 Å². The molecule has 0 bridgehead atoms. The maximum atomic E-state index is 12.7. The fraction of sp³-hybridized carbons (Fsp3) is 0.526. The van der Waals surface area contributed by atoms with Gasteiger partial charge in [-0.15, -0.1) is 0 Å². The van der Waals surface area contributed by atoms with E-state index < -0.39 is 5.60 Å². The molecule has 7 heteroatoms. The molecule has 0 radical (unpaired) electrons. The van der Waals surface area contributed by atoms with Gasteiger partial charge in [0, 0.05) is 19.4 Å². The zero-order chi connectivity index (χ0) is 18.7. The smallest absolute Gasteiger partial charge is 0.227 e. The minimum absolute atomic E-state index is 0.00265. The number of carbonyl (C=O) groups excluding carboxylic acids is 1. The van der Waals surface area contributed by atoms with E-state index in [1.54, 1.807) is 25.9 Å². The molecular weight excluding hydrogens is 334 g/mol. The first kappa shape index (κ1) is 18.4. The standard InChI is InChI=1S/C19H25N3O4/c1-13-20-17(26-21-13)10-11-18(23)22-12-4-5-16(22)19(2,24)14-6-8-15(25-3)9-7-14/h6-9,16,24H,4-5,10-12H2,1-3H3/t16-,19+/m1/s1.